The molecule has 0 aromatic heterocycles. The highest BCUT2D eigenvalue weighted by Crippen LogP contribution is 2.11. The number of hydrogen-bond donors (Lipinski definition) is 2. The van der Waals surface area contributed by atoms with Gasteiger partial charge in [-0.25, -0.2) is 4.39 Å². The highest BCUT2D eigenvalue weighted by Gasteiger charge is 2.00. The lowest BCUT2D eigenvalue weighted by atomic mass is 10.1. The Balaban J connectivity index is 1.76. The molecule has 3 N–H and O–H groups in total. The van der Waals surface area contributed by atoms with Crippen molar-refractivity contribution in [3.05, 3.63) is 65.5 Å². The summed E-state index contributed by atoms with van der Waals surface area (Å²) in [5, 5.41) is 3.32. The van der Waals surface area contributed by atoms with Gasteiger partial charge in [-0.1, -0.05) is 30.3 Å². The van der Waals surface area contributed by atoms with Crippen LogP contribution in [-0.2, 0) is 13.0 Å². The van der Waals surface area contributed by atoms with E-state index in [1.807, 2.05) is 36.4 Å². The predicted octanol–water partition coefficient (Wildman–Crippen LogP) is 3.33. The maximum atomic E-state index is 13.4. The number of rotatable bonds is 6. The number of halogens is 1. The summed E-state index contributed by atoms with van der Waals surface area (Å²) >= 11 is 0. The van der Waals surface area contributed by atoms with Crippen LogP contribution in [0.5, 0.6) is 0 Å². The predicted molar refractivity (Wildman–Crippen MR) is 77.5 cm³/mol. The van der Waals surface area contributed by atoms with E-state index in [-0.39, 0.29) is 5.82 Å². The summed E-state index contributed by atoms with van der Waals surface area (Å²) in [6, 6.07) is 15.0. The zero-order chi connectivity index (χ0) is 13.5. The molecule has 0 unspecified atom stereocenters. The van der Waals surface area contributed by atoms with Crippen LogP contribution < -0.4 is 11.1 Å². The highest BCUT2D eigenvalue weighted by molar-refractivity contribution is 5.44. The first-order valence-electron chi connectivity index (χ1n) is 6.56. The van der Waals surface area contributed by atoms with Crippen LogP contribution in [0.3, 0.4) is 0 Å². The Bertz CT molecular complexity index is 508. The molecular weight excluding hydrogens is 239 g/mol. The maximum absolute atomic E-state index is 13.4. The molecule has 0 bridgehead atoms. The van der Waals surface area contributed by atoms with Crippen molar-refractivity contribution in [1.29, 1.82) is 0 Å². The third-order valence-electron chi connectivity index (χ3n) is 3.10. The fourth-order valence-electron chi connectivity index (χ4n) is 1.97. The Hall–Kier alpha value is -1.87. The van der Waals surface area contributed by atoms with Crippen LogP contribution in [0.25, 0.3) is 0 Å². The molecule has 3 heteroatoms. The molecule has 100 valence electrons. The molecule has 0 amide bonds. The van der Waals surface area contributed by atoms with E-state index in [2.05, 4.69) is 5.32 Å². The van der Waals surface area contributed by atoms with Gasteiger partial charge in [0.05, 0.1) is 0 Å². The number of aryl methyl sites for hydroxylation is 1. The van der Waals surface area contributed by atoms with Gasteiger partial charge in [-0.2, -0.15) is 0 Å². The van der Waals surface area contributed by atoms with Crippen molar-refractivity contribution in [3.8, 4) is 0 Å². The molecule has 2 aromatic rings. The van der Waals surface area contributed by atoms with Gasteiger partial charge in [0, 0.05) is 18.8 Å². The van der Waals surface area contributed by atoms with E-state index >= 15 is 0 Å². The van der Waals surface area contributed by atoms with E-state index in [1.54, 1.807) is 6.07 Å². The first-order valence-corrected chi connectivity index (χ1v) is 6.56. The van der Waals surface area contributed by atoms with Crippen LogP contribution in [-0.4, -0.2) is 6.54 Å². The zero-order valence-electron chi connectivity index (χ0n) is 10.9. The van der Waals surface area contributed by atoms with E-state index in [9.17, 15) is 4.39 Å². The lowest BCUT2D eigenvalue weighted by molar-refractivity contribution is 0.606. The number of nitrogens with two attached hydrogens (primary N) is 1. The summed E-state index contributed by atoms with van der Waals surface area (Å²) in [5.41, 5.74) is 8.52. The van der Waals surface area contributed by atoms with Crippen molar-refractivity contribution in [3.63, 3.8) is 0 Å². The molecule has 2 nitrogen and oxygen atoms in total. The normalized spacial score (nSPS) is 10.4. The summed E-state index contributed by atoms with van der Waals surface area (Å²) in [4.78, 5) is 0. The second-order valence-electron chi connectivity index (χ2n) is 4.52. The molecule has 0 radical (unpaired) electrons. The van der Waals surface area contributed by atoms with Crippen LogP contribution in [0, 0.1) is 5.82 Å². The monoisotopic (exact) mass is 258 g/mol. The topological polar surface area (TPSA) is 38.0 Å². The summed E-state index contributed by atoms with van der Waals surface area (Å²) < 4.78 is 13.4. The minimum Gasteiger partial charge on any atom is -0.385 e. The number of hydrogen-bond acceptors (Lipinski definition) is 2. The molecule has 0 saturated carbocycles. The largest absolute Gasteiger partial charge is 0.385 e. The van der Waals surface area contributed by atoms with Gasteiger partial charge in [0.25, 0.3) is 0 Å². The minimum absolute atomic E-state index is 0.116. The van der Waals surface area contributed by atoms with Crippen LogP contribution >= 0.6 is 0 Å². The number of benzene rings is 2. The minimum atomic E-state index is -0.116. The van der Waals surface area contributed by atoms with Gasteiger partial charge in [-0.3, -0.25) is 0 Å². The third-order valence-corrected chi connectivity index (χ3v) is 3.10. The summed E-state index contributed by atoms with van der Waals surface area (Å²) in [7, 11) is 0. The van der Waals surface area contributed by atoms with Crippen molar-refractivity contribution >= 4 is 5.69 Å². The van der Waals surface area contributed by atoms with Crippen molar-refractivity contribution < 1.29 is 4.39 Å². The first-order chi connectivity index (χ1) is 9.29. The van der Waals surface area contributed by atoms with Gasteiger partial charge < -0.3 is 11.1 Å². The van der Waals surface area contributed by atoms with E-state index in [0.717, 1.165) is 36.2 Å². The zero-order valence-corrected chi connectivity index (χ0v) is 10.9. The summed E-state index contributed by atoms with van der Waals surface area (Å²) in [6.07, 6.45) is 1.65. The lowest BCUT2D eigenvalue weighted by Crippen LogP contribution is -2.04. The van der Waals surface area contributed by atoms with Gasteiger partial charge in [-0.05, 0) is 42.2 Å². The second kappa shape index (κ2) is 6.90. The van der Waals surface area contributed by atoms with Gasteiger partial charge in [0.15, 0.2) is 0 Å². The Labute approximate surface area is 113 Å². The smallest absolute Gasteiger partial charge is 0.126 e. The Morgan fingerprint density at radius 1 is 1.00 bits per heavy atom. The van der Waals surface area contributed by atoms with Gasteiger partial charge in [0.2, 0.25) is 0 Å². The SMILES string of the molecule is NCc1ccc(NCCCc2ccccc2F)cc1. The highest BCUT2D eigenvalue weighted by atomic mass is 19.1. The molecule has 19 heavy (non-hydrogen) atoms. The van der Waals surface area contributed by atoms with Crippen LogP contribution in [0.4, 0.5) is 10.1 Å². The molecule has 0 spiro atoms. The van der Waals surface area contributed by atoms with Crippen LogP contribution in [0.15, 0.2) is 48.5 Å². The number of anilines is 1. The van der Waals surface area contributed by atoms with Crippen molar-refractivity contribution in [2.75, 3.05) is 11.9 Å². The van der Waals surface area contributed by atoms with E-state index in [0.29, 0.717) is 6.54 Å². The molecule has 0 aliphatic carbocycles. The van der Waals surface area contributed by atoms with E-state index < -0.39 is 0 Å². The number of nitrogens with one attached hydrogen (secondary N) is 1. The Kier molecular flexibility index (Phi) is 4.93. The summed E-state index contributed by atoms with van der Waals surface area (Å²) in [5.74, 6) is -0.116. The standard InChI is InChI=1S/C16H19FN2/c17-16-6-2-1-4-14(16)5-3-11-19-15-9-7-13(12-18)8-10-15/h1-2,4,6-10,19H,3,5,11-12,18H2. The Morgan fingerprint density at radius 3 is 2.42 bits per heavy atom. The third kappa shape index (κ3) is 4.07. The molecule has 0 aliphatic heterocycles. The first kappa shape index (κ1) is 13.6. The van der Waals surface area contributed by atoms with Crippen LogP contribution in [0.2, 0.25) is 0 Å². The molecule has 0 aliphatic rings. The van der Waals surface area contributed by atoms with Gasteiger partial charge in [0.1, 0.15) is 5.82 Å². The molecule has 0 heterocycles. The van der Waals surface area contributed by atoms with Gasteiger partial charge >= 0.3 is 0 Å². The molecule has 2 rings (SSSR count). The fraction of sp³-hybridized carbons (Fsp3) is 0.250. The van der Waals surface area contributed by atoms with E-state index in [4.69, 9.17) is 5.73 Å². The molecule has 2 aromatic carbocycles. The lowest BCUT2D eigenvalue weighted by Gasteiger charge is -2.07. The Morgan fingerprint density at radius 2 is 1.74 bits per heavy atom. The van der Waals surface area contributed by atoms with Gasteiger partial charge in [-0.15, -0.1) is 0 Å². The average Bonchev–Trinajstić information content (AvgIpc) is 2.46. The maximum Gasteiger partial charge on any atom is 0.126 e. The van der Waals surface area contributed by atoms with Crippen LogP contribution in [0.1, 0.15) is 17.5 Å². The fourth-order valence-corrected chi connectivity index (χ4v) is 1.97. The van der Waals surface area contributed by atoms with E-state index in [1.165, 1.54) is 6.07 Å². The van der Waals surface area contributed by atoms with Crippen molar-refractivity contribution in [1.82, 2.24) is 0 Å². The molecular formula is C16H19FN2. The van der Waals surface area contributed by atoms with Crippen molar-refractivity contribution in [2.45, 2.75) is 19.4 Å². The average molecular weight is 258 g/mol. The summed E-state index contributed by atoms with van der Waals surface area (Å²) in [6.45, 7) is 1.39. The quantitative estimate of drug-likeness (QED) is 0.780. The second-order valence-corrected chi connectivity index (χ2v) is 4.52. The molecule has 0 fully saturated rings. The molecule has 0 saturated heterocycles. The molecule has 0 atom stereocenters. The van der Waals surface area contributed by atoms with Crippen molar-refractivity contribution in [2.24, 2.45) is 5.73 Å².